The third-order valence-electron chi connectivity index (χ3n) is 2.88. The predicted molar refractivity (Wildman–Crippen MR) is 77.5 cm³/mol. The van der Waals surface area contributed by atoms with Crippen LogP contribution in [-0.4, -0.2) is 17.0 Å². The number of esters is 2. The minimum Gasteiger partial charge on any atom is -0.508 e. The van der Waals surface area contributed by atoms with Gasteiger partial charge in [0.25, 0.3) is 0 Å². The van der Waals surface area contributed by atoms with E-state index in [9.17, 15) is 14.7 Å². The van der Waals surface area contributed by atoms with E-state index in [-0.39, 0.29) is 30.9 Å². The topological polar surface area (TPSA) is 72.8 Å². The number of hydrogen-bond acceptors (Lipinski definition) is 5. The van der Waals surface area contributed by atoms with E-state index in [2.05, 4.69) is 0 Å². The number of carbonyl (C=O) groups is 2. The Labute approximate surface area is 124 Å². The van der Waals surface area contributed by atoms with Gasteiger partial charge in [-0.1, -0.05) is 19.9 Å². The molecule has 5 nitrogen and oxygen atoms in total. The van der Waals surface area contributed by atoms with E-state index in [4.69, 9.17) is 9.47 Å². The van der Waals surface area contributed by atoms with Crippen molar-refractivity contribution in [2.75, 3.05) is 0 Å². The SMILES string of the molecule is CCCC(=O)OCc1ccc(O)cc1COC(=O)CCC. The second kappa shape index (κ2) is 9.00. The monoisotopic (exact) mass is 294 g/mol. The first-order valence-electron chi connectivity index (χ1n) is 7.18. The van der Waals surface area contributed by atoms with Crippen LogP contribution in [0.25, 0.3) is 0 Å². The van der Waals surface area contributed by atoms with Crippen molar-refractivity contribution in [3.63, 3.8) is 0 Å². The third-order valence-corrected chi connectivity index (χ3v) is 2.88. The molecule has 0 amide bonds. The summed E-state index contributed by atoms with van der Waals surface area (Å²) in [4.78, 5) is 22.8. The van der Waals surface area contributed by atoms with Crippen molar-refractivity contribution in [3.8, 4) is 5.75 Å². The number of phenolic OH excluding ortho intramolecular Hbond substituents is 1. The van der Waals surface area contributed by atoms with Gasteiger partial charge in [0.15, 0.2) is 0 Å². The fraction of sp³-hybridized carbons (Fsp3) is 0.500. The molecule has 0 fully saturated rings. The van der Waals surface area contributed by atoms with Crippen LogP contribution in [0.3, 0.4) is 0 Å². The van der Waals surface area contributed by atoms with Crippen molar-refractivity contribution < 1.29 is 24.2 Å². The van der Waals surface area contributed by atoms with E-state index in [0.717, 1.165) is 18.4 Å². The normalized spacial score (nSPS) is 10.2. The van der Waals surface area contributed by atoms with Crippen LogP contribution in [0, 0.1) is 0 Å². The smallest absolute Gasteiger partial charge is 0.306 e. The van der Waals surface area contributed by atoms with E-state index in [1.807, 2.05) is 13.8 Å². The summed E-state index contributed by atoms with van der Waals surface area (Å²) in [7, 11) is 0. The Morgan fingerprint density at radius 1 is 0.952 bits per heavy atom. The van der Waals surface area contributed by atoms with Gasteiger partial charge < -0.3 is 14.6 Å². The lowest BCUT2D eigenvalue weighted by molar-refractivity contribution is -0.146. The van der Waals surface area contributed by atoms with Gasteiger partial charge in [0, 0.05) is 12.8 Å². The first-order valence-corrected chi connectivity index (χ1v) is 7.18. The molecule has 0 aliphatic carbocycles. The molecule has 1 N–H and O–H groups in total. The molecule has 0 heterocycles. The molecule has 0 bridgehead atoms. The molecule has 1 aromatic carbocycles. The Hall–Kier alpha value is -2.04. The highest BCUT2D eigenvalue weighted by Crippen LogP contribution is 2.19. The van der Waals surface area contributed by atoms with E-state index in [1.54, 1.807) is 6.07 Å². The maximum atomic E-state index is 11.4. The Morgan fingerprint density at radius 3 is 2.00 bits per heavy atom. The molecule has 5 heteroatoms. The van der Waals surface area contributed by atoms with Crippen LogP contribution in [-0.2, 0) is 32.3 Å². The van der Waals surface area contributed by atoms with Gasteiger partial charge >= 0.3 is 11.9 Å². The molecule has 0 saturated heterocycles. The van der Waals surface area contributed by atoms with Gasteiger partial charge in [-0.25, -0.2) is 0 Å². The maximum Gasteiger partial charge on any atom is 0.306 e. The van der Waals surface area contributed by atoms with Crippen LogP contribution in [0.5, 0.6) is 5.75 Å². The number of hydrogen-bond donors (Lipinski definition) is 1. The number of aromatic hydroxyl groups is 1. The molecule has 1 aromatic rings. The summed E-state index contributed by atoms with van der Waals surface area (Å²) in [5.74, 6) is -0.463. The van der Waals surface area contributed by atoms with Crippen molar-refractivity contribution in [3.05, 3.63) is 29.3 Å². The summed E-state index contributed by atoms with van der Waals surface area (Å²) in [5.41, 5.74) is 1.37. The van der Waals surface area contributed by atoms with E-state index in [0.29, 0.717) is 18.4 Å². The molecule has 0 spiro atoms. The lowest BCUT2D eigenvalue weighted by Crippen LogP contribution is -2.08. The quantitative estimate of drug-likeness (QED) is 0.746. The van der Waals surface area contributed by atoms with Gasteiger partial charge in [0.2, 0.25) is 0 Å². The summed E-state index contributed by atoms with van der Waals surface area (Å²) in [5, 5.41) is 9.52. The van der Waals surface area contributed by atoms with Crippen molar-refractivity contribution in [1.82, 2.24) is 0 Å². The van der Waals surface area contributed by atoms with Crippen LogP contribution >= 0.6 is 0 Å². The van der Waals surface area contributed by atoms with Gasteiger partial charge in [-0.3, -0.25) is 9.59 Å². The number of phenols is 1. The molecular weight excluding hydrogens is 272 g/mol. The van der Waals surface area contributed by atoms with Crippen molar-refractivity contribution in [2.45, 2.75) is 52.7 Å². The standard InChI is InChI=1S/C16H22O5/c1-3-5-15(18)20-10-12-7-8-14(17)9-13(12)11-21-16(19)6-4-2/h7-9,17H,3-6,10-11H2,1-2H3. The van der Waals surface area contributed by atoms with Gasteiger partial charge in [-0.15, -0.1) is 0 Å². The molecule has 1 rings (SSSR count). The second-order valence-electron chi connectivity index (χ2n) is 4.77. The number of ether oxygens (including phenoxy) is 2. The highest BCUT2D eigenvalue weighted by molar-refractivity contribution is 5.69. The minimum absolute atomic E-state index is 0.0634. The molecule has 0 aromatic heterocycles. The van der Waals surface area contributed by atoms with Crippen LogP contribution < -0.4 is 0 Å². The van der Waals surface area contributed by atoms with Crippen molar-refractivity contribution in [2.24, 2.45) is 0 Å². The Kier molecular flexibility index (Phi) is 7.29. The fourth-order valence-electron chi connectivity index (χ4n) is 1.76. The predicted octanol–water partition coefficient (Wildman–Crippen LogP) is 3.08. The molecule has 0 unspecified atom stereocenters. The van der Waals surface area contributed by atoms with Gasteiger partial charge in [0.05, 0.1) is 0 Å². The molecule has 21 heavy (non-hydrogen) atoms. The minimum atomic E-state index is -0.283. The average Bonchev–Trinajstić information content (AvgIpc) is 2.44. The Bertz CT molecular complexity index is 482. The third kappa shape index (κ3) is 6.29. The lowest BCUT2D eigenvalue weighted by Gasteiger charge is -2.11. The summed E-state index contributed by atoms with van der Waals surface area (Å²) in [6.07, 6.45) is 2.19. The van der Waals surface area contributed by atoms with Crippen LogP contribution in [0.1, 0.15) is 50.7 Å². The Balaban J connectivity index is 2.66. The number of rotatable bonds is 8. The molecule has 116 valence electrons. The van der Waals surface area contributed by atoms with Gasteiger partial charge in [-0.2, -0.15) is 0 Å². The van der Waals surface area contributed by atoms with Crippen LogP contribution in [0.2, 0.25) is 0 Å². The van der Waals surface area contributed by atoms with Gasteiger partial charge in [-0.05, 0) is 36.1 Å². The molecule has 0 aliphatic rings. The summed E-state index contributed by atoms with van der Waals surface area (Å²) in [6, 6.07) is 4.69. The fourth-order valence-corrected chi connectivity index (χ4v) is 1.76. The van der Waals surface area contributed by atoms with Gasteiger partial charge in [0.1, 0.15) is 19.0 Å². The first-order chi connectivity index (χ1) is 10.1. The second-order valence-corrected chi connectivity index (χ2v) is 4.77. The zero-order valence-corrected chi connectivity index (χ0v) is 12.6. The lowest BCUT2D eigenvalue weighted by atomic mass is 10.1. The largest absolute Gasteiger partial charge is 0.508 e. The highest BCUT2D eigenvalue weighted by Gasteiger charge is 2.09. The molecule has 0 radical (unpaired) electrons. The highest BCUT2D eigenvalue weighted by atomic mass is 16.5. The van der Waals surface area contributed by atoms with E-state index < -0.39 is 0 Å². The van der Waals surface area contributed by atoms with Crippen molar-refractivity contribution in [1.29, 1.82) is 0 Å². The number of carbonyl (C=O) groups excluding carboxylic acids is 2. The molecular formula is C16H22O5. The number of benzene rings is 1. The summed E-state index contributed by atoms with van der Waals surface area (Å²) < 4.78 is 10.3. The first kappa shape index (κ1) is 17.0. The Morgan fingerprint density at radius 2 is 1.48 bits per heavy atom. The summed E-state index contributed by atoms with van der Waals surface area (Å²) >= 11 is 0. The molecule has 0 aliphatic heterocycles. The van der Waals surface area contributed by atoms with Crippen LogP contribution in [0.4, 0.5) is 0 Å². The maximum absolute atomic E-state index is 11.4. The molecule has 0 atom stereocenters. The molecule has 0 saturated carbocycles. The van der Waals surface area contributed by atoms with Crippen molar-refractivity contribution >= 4 is 11.9 Å². The van der Waals surface area contributed by atoms with E-state index in [1.165, 1.54) is 12.1 Å². The van der Waals surface area contributed by atoms with Crippen LogP contribution in [0.15, 0.2) is 18.2 Å². The zero-order valence-electron chi connectivity index (χ0n) is 12.6. The average molecular weight is 294 g/mol. The zero-order chi connectivity index (χ0) is 15.7. The summed E-state index contributed by atoms with van der Waals surface area (Å²) in [6.45, 7) is 3.97. The van der Waals surface area contributed by atoms with E-state index >= 15 is 0 Å².